The molecule has 0 saturated heterocycles. The Bertz CT molecular complexity index is 804. The number of carbonyl (C=O) groups excluding carboxylic acids is 4. The van der Waals surface area contributed by atoms with Crippen LogP contribution in [0.4, 0.5) is 5.69 Å². The number of aliphatic imine (C=N–C) groups is 1. The molecule has 9 heteroatoms. The number of nitrogens with one attached hydrogen (secondary N) is 1. The lowest BCUT2D eigenvalue weighted by molar-refractivity contribution is -0.145. The zero-order valence-electron chi connectivity index (χ0n) is 17.1. The van der Waals surface area contributed by atoms with Gasteiger partial charge < -0.3 is 20.5 Å². The Kier molecular flexibility index (Phi) is 11.2. The Morgan fingerprint density at radius 2 is 1.87 bits per heavy atom. The molecule has 1 amide bonds. The van der Waals surface area contributed by atoms with Gasteiger partial charge in [-0.15, -0.1) is 0 Å². The van der Waals surface area contributed by atoms with Crippen LogP contribution in [0.15, 0.2) is 41.4 Å². The van der Waals surface area contributed by atoms with Gasteiger partial charge in [-0.2, -0.15) is 0 Å². The van der Waals surface area contributed by atoms with Gasteiger partial charge in [-0.25, -0.2) is 9.59 Å². The number of benzene rings is 1. The van der Waals surface area contributed by atoms with E-state index < -0.39 is 29.7 Å². The number of carbonyl (C=O) groups is 4. The van der Waals surface area contributed by atoms with Gasteiger partial charge in [0.05, 0.1) is 25.2 Å². The van der Waals surface area contributed by atoms with E-state index >= 15 is 0 Å². The zero-order valence-corrected chi connectivity index (χ0v) is 17.1. The molecule has 0 spiro atoms. The summed E-state index contributed by atoms with van der Waals surface area (Å²) in [6, 6.07) is 5.23. The standard InChI is InChI=1S/C21H27N3O6/c1-3-5-12-30-21(28)17(23-14-22)13-18(25)15-8-6-7-9-16(15)24-19(26)10-11-20(27)29-4-2/h6-11,14,17H,3-5,12-13H2,1-2H3,(H2,22,23)(H,24,26)/b11-10+. The first-order valence-electron chi connectivity index (χ1n) is 9.60. The lowest BCUT2D eigenvalue weighted by Gasteiger charge is -2.13. The summed E-state index contributed by atoms with van der Waals surface area (Å²) in [6.45, 7) is 4.03. The predicted octanol–water partition coefficient (Wildman–Crippen LogP) is 2.02. The molecule has 0 fully saturated rings. The summed E-state index contributed by atoms with van der Waals surface area (Å²) in [7, 11) is 0. The van der Waals surface area contributed by atoms with Crippen LogP contribution in [0.1, 0.15) is 43.5 Å². The smallest absolute Gasteiger partial charge is 0.331 e. The lowest BCUT2D eigenvalue weighted by atomic mass is 10.0. The quantitative estimate of drug-likeness (QED) is 0.132. The number of hydrogen-bond donors (Lipinski definition) is 2. The molecule has 30 heavy (non-hydrogen) atoms. The van der Waals surface area contributed by atoms with Gasteiger partial charge in [-0.05, 0) is 25.5 Å². The van der Waals surface area contributed by atoms with E-state index in [9.17, 15) is 19.2 Å². The summed E-state index contributed by atoms with van der Waals surface area (Å²) >= 11 is 0. The molecule has 0 aliphatic carbocycles. The number of ketones is 1. The van der Waals surface area contributed by atoms with Crippen LogP contribution >= 0.6 is 0 Å². The number of anilines is 1. The van der Waals surface area contributed by atoms with E-state index in [4.69, 9.17) is 15.2 Å². The highest BCUT2D eigenvalue weighted by atomic mass is 16.5. The van der Waals surface area contributed by atoms with Gasteiger partial charge in [0.25, 0.3) is 0 Å². The second-order valence-corrected chi connectivity index (χ2v) is 6.08. The maximum Gasteiger partial charge on any atom is 0.331 e. The third-order valence-electron chi connectivity index (χ3n) is 3.80. The molecule has 0 heterocycles. The molecular formula is C21H27N3O6. The van der Waals surface area contributed by atoms with E-state index in [2.05, 4.69) is 10.3 Å². The number of nitrogens with two attached hydrogens (primary N) is 1. The summed E-state index contributed by atoms with van der Waals surface area (Å²) in [5.74, 6) is -2.33. The van der Waals surface area contributed by atoms with Gasteiger partial charge in [0.1, 0.15) is 0 Å². The highest BCUT2D eigenvalue weighted by Gasteiger charge is 2.24. The summed E-state index contributed by atoms with van der Waals surface area (Å²) in [5.41, 5.74) is 5.72. The summed E-state index contributed by atoms with van der Waals surface area (Å²) in [4.78, 5) is 52.1. The van der Waals surface area contributed by atoms with Crippen LogP contribution < -0.4 is 11.1 Å². The van der Waals surface area contributed by atoms with Gasteiger partial charge in [0.15, 0.2) is 11.8 Å². The minimum Gasteiger partial charge on any atom is -0.464 e. The average molecular weight is 417 g/mol. The van der Waals surface area contributed by atoms with E-state index in [-0.39, 0.29) is 30.9 Å². The lowest BCUT2D eigenvalue weighted by Crippen LogP contribution is -2.26. The predicted molar refractivity (Wildman–Crippen MR) is 112 cm³/mol. The average Bonchev–Trinajstić information content (AvgIpc) is 2.72. The van der Waals surface area contributed by atoms with Crippen molar-refractivity contribution >= 4 is 35.7 Å². The van der Waals surface area contributed by atoms with Crippen LogP contribution in [0.3, 0.4) is 0 Å². The third kappa shape index (κ3) is 8.68. The van der Waals surface area contributed by atoms with Crippen LogP contribution in [0.25, 0.3) is 0 Å². The van der Waals surface area contributed by atoms with E-state index in [0.29, 0.717) is 6.42 Å². The highest BCUT2D eigenvalue weighted by molar-refractivity contribution is 6.09. The number of esters is 2. The summed E-state index contributed by atoms with van der Waals surface area (Å²) < 4.78 is 9.82. The SMILES string of the molecule is CCCCOC(=O)C(CC(=O)c1ccccc1NC(=O)/C=C/C(=O)OCC)N=CN. The molecule has 0 aliphatic rings. The molecule has 1 rings (SSSR count). The zero-order chi connectivity index (χ0) is 22.4. The molecule has 0 aromatic heterocycles. The Morgan fingerprint density at radius 3 is 2.53 bits per heavy atom. The monoisotopic (exact) mass is 417 g/mol. The molecule has 3 N–H and O–H groups in total. The minimum absolute atomic E-state index is 0.189. The first-order valence-corrected chi connectivity index (χ1v) is 9.60. The van der Waals surface area contributed by atoms with Gasteiger partial charge in [-0.1, -0.05) is 25.5 Å². The largest absolute Gasteiger partial charge is 0.464 e. The molecule has 0 saturated carbocycles. The van der Waals surface area contributed by atoms with Gasteiger partial charge in [0.2, 0.25) is 5.91 Å². The van der Waals surface area contributed by atoms with Crippen molar-refractivity contribution in [3.63, 3.8) is 0 Å². The van der Waals surface area contributed by atoms with E-state index in [0.717, 1.165) is 24.9 Å². The topological polar surface area (TPSA) is 137 Å². The Balaban J connectivity index is 2.88. The number of Topliss-reactive ketones (excluding diaryl/α,β-unsaturated/α-hetero) is 1. The Labute approximate surface area is 175 Å². The molecule has 162 valence electrons. The van der Waals surface area contributed by atoms with Gasteiger partial charge >= 0.3 is 11.9 Å². The molecule has 1 aromatic carbocycles. The number of amides is 1. The molecule has 0 radical (unpaired) electrons. The fourth-order valence-electron chi connectivity index (χ4n) is 2.34. The maximum absolute atomic E-state index is 12.8. The van der Waals surface area contributed by atoms with Crippen LogP contribution in [0, 0.1) is 0 Å². The van der Waals surface area contributed by atoms with E-state index in [1.807, 2.05) is 6.92 Å². The molecule has 0 aliphatic heterocycles. The van der Waals surface area contributed by atoms with Crippen LogP contribution in [0.2, 0.25) is 0 Å². The second kappa shape index (κ2) is 13.6. The van der Waals surface area contributed by atoms with Gasteiger partial charge in [-0.3, -0.25) is 14.6 Å². The normalized spacial score (nSPS) is 11.9. The van der Waals surface area contributed by atoms with Crippen molar-refractivity contribution in [3.8, 4) is 0 Å². The summed E-state index contributed by atoms with van der Waals surface area (Å²) in [6.07, 6.45) is 4.23. The van der Waals surface area contributed by atoms with Crippen molar-refractivity contribution in [2.75, 3.05) is 18.5 Å². The number of para-hydroxylation sites is 1. The number of ether oxygens (including phenoxy) is 2. The fourth-order valence-corrected chi connectivity index (χ4v) is 2.34. The molecule has 1 atom stereocenters. The summed E-state index contributed by atoms with van der Waals surface area (Å²) in [5, 5.41) is 2.53. The van der Waals surface area contributed by atoms with Gasteiger partial charge in [0, 0.05) is 24.1 Å². The van der Waals surface area contributed by atoms with Crippen molar-refractivity contribution in [1.29, 1.82) is 0 Å². The number of nitrogens with zero attached hydrogens (tertiary/aromatic N) is 1. The van der Waals surface area contributed by atoms with E-state index in [1.54, 1.807) is 19.1 Å². The van der Waals surface area contributed by atoms with Crippen LogP contribution in [0.5, 0.6) is 0 Å². The van der Waals surface area contributed by atoms with Crippen LogP contribution in [-0.2, 0) is 23.9 Å². The van der Waals surface area contributed by atoms with Crippen molar-refractivity contribution in [2.45, 2.75) is 39.2 Å². The molecule has 1 unspecified atom stereocenters. The Morgan fingerprint density at radius 1 is 1.13 bits per heavy atom. The van der Waals surface area contributed by atoms with Crippen LogP contribution in [-0.4, -0.2) is 49.2 Å². The molecule has 9 nitrogen and oxygen atoms in total. The second-order valence-electron chi connectivity index (χ2n) is 6.08. The van der Waals surface area contributed by atoms with Crippen molar-refractivity contribution in [3.05, 3.63) is 42.0 Å². The molecule has 0 bridgehead atoms. The van der Waals surface area contributed by atoms with Crippen molar-refractivity contribution < 1.29 is 28.7 Å². The minimum atomic E-state index is -1.08. The first-order chi connectivity index (χ1) is 14.4. The fraction of sp³-hybridized carbons (Fsp3) is 0.381. The van der Waals surface area contributed by atoms with Crippen molar-refractivity contribution in [2.24, 2.45) is 10.7 Å². The molecular weight excluding hydrogens is 390 g/mol. The molecule has 1 aromatic rings. The Hall–Kier alpha value is -3.49. The number of hydrogen-bond acceptors (Lipinski definition) is 7. The van der Waals surface area contributed by atoms with Crippen molar-refractivity contribution in [1.82, 2.24) is 0 Å². The van der Waals surface area contributed by atoms with E-state index in [1.165, 1.54) is 12.1 Å². The third-order valence-corrected chi connectivity index (χ3v) is 3.80. The highest BCUT2D eigenvalue weighted by Crippen LogP contribution is 2.19. The number of unbranched alkanes of at least 4 members (excludes halogenated alkanes) is 1. The first kappa shape index (κ1) is 24.5. The number of rotatable bonds is 12. The maximum atomic E-state index is 12.8.